The molecule has 0 spiro atoms. The molecule has 2 heterocycles. The van der Waals surface area contributed by atoms with Crippen LogP contribution < -0.4 is 10.1 Å². The number of hydrogen-bond donors (Lipinski definition) is 1. The van der Waals surface area contributed by atoms with Crippen LogP contribution in [0.25, 0.3) is 0 Å². The third kappa shape index (κ3) is 3.97. The van der Waals surface area contributed by atoms with Crippen LogP contribution in [0.1, 0.15) is 24.8 Å². The maximum atomic E-state index is 6.03. The zero-order chi connectivity index (χ0) is 14.5. The van der Waals surface area contributed by atoms with Crippen molar-refractivity contribution in [1.29, 1.82) is 0 Å². The lowest BCUT2D eigenvalue weighted by Gasteiger charge is -2.22. The van der Waals surface area contributed by atoms with Gasteiger partial charge in [-0.2, -0.15) is 0 Å². The smallest absolute Gasteiger partial charge is 0.184 e. The summed E-state index contributed by atoms with van der Waals surface area (Å²) in [5.74, 6) is 2.61. The van der Waals surface area contributed by atoms with Gasteiger partial charge in [0.15, 0.2) is 5.90 Å². The summed E-state index contributed by atoms with van der Waals surface area (Å²) in [6.45, 7) is 3.05. The number of nitrogens with one attached hydrogen (secondary N) is 1. The molecule has 21 heavy (non-hydrogen) atoms. The lowest BCUT2D eigenvalue weighted by Crippen LogP contribution is -2.29. The van der Waals surface area contributed by atoms with Crippen molar-refractivity contribution in [1.82, 2.24) is 5.32 Å². The normalized spacial score (nSPS) is 22.7. The van der Waals surface area contributed by atoms with E-state index >= 15 is 0 Å². The number of benzene rings is 1. The Balaban J connectivity index is 1.49. The van der Waals surface area contributed by atoms with Crippen LogP contribution in [-0.4, -0.2) is 38.7 Å². The Morgan fingerprint density at radius 3 is 2.95 bits per heavy atom. The Labute approximate surface area is 126 Å². The number of rotatable bonds is 5. The van der Waals surface area contributed by atoms with Crippen molar-refractivity contribution in [2.45, 2.75) is 31.8 Å². The zero-order valence-corrected chi connectivity index (χ0v) is 12.7. The van der Waals surface area contributed by atoms with Gasteiger partial charge in [0.05, 0.1) is 13.7 Å². The van der Waals surface area contributed by atoms with Crippen molar-refractivity contribution >= 4 is 5.90 Å². The first-order chi connectivity index (χ1) is 10.3. The minimum Gasteiger partial charge on any atom is -0.497 e. The number of ether oxygens (including phenoxy) is 2. The van der Waals surface area contributed by atoms with Gasteiger partial charge in [-0.25, -0.2) is 0 Å². The molecule has 1 fully saturated rings. The van der Waals surface area contributed by atoms with Gasteiger partial charge in [-0.15, -0.1) is 0 Å². The van der Waals surface area contributed by atoms with E-state index in [1.54, 1.807) is 7.11 Å². The van der Waals surface area contributed by atoms with E-state index < -0.39 is 0 Å². The van der Waals surface area contributed by atoms with Gasteiger partial charge in [0.1, 0.15) is 11.9 Å². The van der Waals surface area contributed by atoms with Crippen molar-refractivity contribution in [2.24, 2.45) is 10.9 Å². The molecule has 0 bridgehead atoms. The minimum absolute atomic E-state index is 0.189. The average molecular weight is 288 g/mol. The Morgan fingerprint density at radius 2 is 2.14 bits per heavy atom. The Kier molecular flexibility index (Phi) is 4.76. The molecule has 1 aromatic carbocycles. The van der Waals surface area contributed by atoms with Crippen molar-refractivity contribution in [3.05, 3.63) is 29.8 Å². The van der Waals surface area contributed by atoms with E-state index in [0.29, 0.717) is 0 Å². The first-order valence-corrected chi connectivity index (χ1v) is 7.87. The third-order valence-corrected chi connectivity index (χ3v) is 4.29. The summed E-state index contributed by atoms with van der Waals surface area (Å²) in [6.07, 6.45) is 4.58. The van der Waals surface area contributed by atoms with Gasteiger partial charge in [-0.3, -0.25) is 4.99 Å². The van der Waals surface area contributed by atoms with E-state index in [1.165, 1.54) is 18.4 Å². The molecule has 1 aromatic rings. The second-order valence-electron chi connectivity index (χ2n) is 5.93. The van der Waals surface area contributed by atoms with Gasteiger partial charge >= 0.3 is 0 Å². The second kappa shape index (κ2) is 6.94. The van der Waals surface area contributed by atoms with E-state index in [0.717, 1.165) is 50.0 Å². The van der Waals surface area contributed by atoms with Gasteiger partial charge in [-0.1, -0.05) is 12.1 Å². The number of hydrogen-bond acceptors (Lipinski definition) is 4. The van der Waals surface area contributed by atoms with E-state index in [-0.39, 0.29) is 6.10 Å². The molecule has 1 N–H and O–H groups in total. The maximum Gasteiger partial charge on any atom is 0.184 e. The lowest BCUT2D eigenvalue weighted by molar-refractivity contribution is 0.212. The quantitative estimate of drug-likeness (QED) is 0.905. The standard InChI is InChI=1S/C17H24N2O2/c1-20-15-4-2-3-14(9-15)10-16-12-19-17(21-16)11-13-5-7-18-8-6-13/h2-4,9,13,16,18H,5-8,10-12H2,1H3. The predicted octanol–water partition coefficient (Wildman–Crippen LogP) is 2.42. The van der Waals surface area contributed by atoms with Crippen LogP contribution >= 0.6 is 0 Å². The van der Waals surface area contributed by atoms with Crippen molar-refractivity contribution in [2.75, 3.05) is 26.7 Å². The van der Waals surface area contributed by atoms with Crippen LogP contribution in [-0.2, 0) is 11.2 Å². The van der Waals surface area contributed by atoms with Gasteiger partial charge in [0, 0.05) is 12.8 Å². The van der Waals surface area contributed by atoms with Gasteiger partial charge in [0.25, 0.3) is 0 Å². The highest BCUT2D eigenvalue weighted by Crippen LogP contribution is 2.22. The van der Waals surface area contributed by atoms with Crippen LogP contribution in [0.3, 0.4) is 0 Å². The van der Waals surface area contributed by atoms with E-state index in [9.17, 15) is 0 Å². The zero-order valence-electron chi connectivity index (χ0n) is 12.7. The van der Waals surface area contributed by atoms with Crippen molar-refractivity contribution in [3.63, 3.8) is 0 Å². The molecule has 0 aliphatic carbocycles. The fourth-order valence-electron chi connectivity index (χ4n) is 3.08. The van der Waals surface area contributed by atoms with Crippen LogP contribution in [0.5, 0.6) is 5.75 Å². The van der Waals surface area contributed by atoms with Crippen LogP contribution in [0.2, 0.25) is 0 Å². The Morgan fingerprint density at radius 1 is 1.29 bits per heavy atom. The summed E-state index contributed by atoms with van der Waals surface area (Å²) >= 11 is 0. The van der Waals surface area contributed by atoms with Gasteiger partial charge < -0.3 is 14.8 Å². The van der Waals surface area contributed by atoms with E-state index in [4.69, 9.17) is 9.47 Å². The highest BCUT2D eigenvalue weighted by atomic mass is 16.5. The molecule has 0 amide bonds. The molecule has 4 nitrogen and oxygen atoms in total. The highest BCUT2D eigenvalue weighted by Gasteiger charge is 2.23. The molecule has 0 radical (unpaired) electrons. The molecule has 114 valence electrons. The van der Waals surface area contributed by atoms with Gasteiger partial charge in [-0.05, 0) is 49.5 Å². The molecule has 2 aliphatic heterocycles. The maximum absolute atomic E-state index is 6.03. The summed E-state index contributed by atoms with van der Waals surface area (Å²) < 4.78 is 11.3. The molecule has 4 heteroatoms. The third-order valence-electron chi connectivity index (χ3n) is 4.29. The number of nitrogens with zero attached hydrogens (tertiary/aromatic N) is 1. The number of aliphatic imine (C=N–C) groups is 1. The van der Waals surface area contributed by atoms with E-state index in [1.807, 2.05) is 12.1 Å². The summed E-state index contributed by atoms with van der Waals surface area (Å²) in [5, 5.41) is 3.40. The largest absolute Gasteiger partial charge is 0.497 e. The summed E-state index contributed by atoms with van der Waals surface area (Å²) in [7, 11) is 1.70. The van der Waals surface area contributed by atoms with E-state index in [2.05, 4.69) is 22.4 Å². The first-order valence-electron chi connectivity index (χ1n) is 7.87. The summed E-state index contributed by atoms with van der Waals surface area (Å²) in [5.41, 5.74) is 1.25. The number of methoxy groups -OCH3 is 1. The van der Waals surface area contributed by atoms with Crippen molar-refractivity contribution in [3.8, 4) is 5.75 Å². The highest BCUT2D eigenvalue weighted by molar-refractivity contribution is 5.78. The second-order valence-corrected chi connectivity index (χ2v) is 5.93. The van der Waals surface area contributed by atoms with Crippen LogP contribution in [0.4, 0.5) is 0 Å². The van der Waals surface area contributed by atoms with Crippen molar-refractivity contribution < 1.29 is 9.47 Å². The first kappa shape index (κ1) is 14.4. The molecular weight excluding hydrogens is 264 g/mol. The minimum atomic E-state index is 0.189. The number of piperidine rings is 1. The topological polar surface area (TPSA) is 42.8 Å². The molecule has 0 aromatic heterocycles. The fraction of sp³-hybridized carbons (Fsp3) is 0.588. The lowest BCUT2D eigenvalue weighted by atomic mass is 9.95. The van der Waals surface area contributed by atoms with Crippen LogP contribution in [0.15, 0.2) is 29.3 Å². The summed E-state index contributed by atoms with van der Waals surface area (Å²) in [6, 6.07) is 8.20. The summed E-state index contributed by atoms with van der Waals surface area (Å²) in [4.78, 5) is 4.59. The molecule has 0 saturated carbocycles. The molecule has 1 saturated heterocycles. The molecule has 1 atom stereocenters. The predicted molar refractivity (Wildman–Crippen MR) is 84.1 cm³/mol. The Hall–Kier alpha value is -1.55. The fourth-order valence-corrected chi connectivity index (χ4v) is 3.08. The Bertz CT molecular complexity index is 495. The monoisotopic (exact) mass is 288 g/mol. The molecule has 1 unspecified atom stereocenters. The van der Waals surface area contributed by atoms with Gasteiger partial charge in [0.2, 0.25) is 0 Å². The molecule has 3 rings (SSSR count). The van der Waals surface area contributed by atoms with Crippen LogP contribution in [0, 0.1) is 5.92 Å². The SMILES string of the molecule is COc1cccc(CC2CN=C(CC3CCNCC3)O2)c1. The average Bonchev–Trinajstić information content (AvgIpc) is 2.95. The molecular formula is C17H24N2O2. The molecule has 2 aliphatic rings.